The van der Waals surface area contributed by atoms with Crippen molar-refractivity contribution in [2.45, 2.75) is 75.1 Å². The van der Waals surface area contributed by atoms with Gasteiger partial charge in [-0.25, -0.2) is 0 Å². The number of nitriles is 1. The zero-order valence-corrected chi connectivity index (χ0v) is 19.0. The Hall–Kier alpha value is -0.685. The van der Waals surface area contributed by atoms with Crippen molar-refractivity contribution in [1.82, 2.24) is 26.6 Å². The average molecular weight is 418 g/mol. The van der Waals surface area contributed by atoms with Crippen LogP contribution in [0.1, 0.15) is 51.4 Å². The summed E-state index contributed by atoms with van der Waals surface area (Å²) in [6.45, 7) is 8.54. The van der Waals surface area contributed by atoms with Crippen LogP contribution < -0.4 is 32.3 Å². The number of hydrogen-bond acceptors (Lipinski definition) is 7. The van der Waals surface area contributed by atoms with Crippen LogP contribution in [0.5, 0.6) is 0 Å². The molecule has 0 aromatic carbocycles. The fourth-order valence-electron chi connectivity index (χ4n) is 4.52. The van der Waals surface area contributed by atoms with Crippen molar-refractivity contribution in [1.29, 1.82) is 5.26 Å². The molecule has 2 bridgehead atoms. The van der Waals surface area contributed by atoms with Gasteiger partial charge in [-0.2, -0.15) is 5.26 Å². The van der Waals surface area contributed by atoms with Gasteiger partial charge in [-0.1, -0.05) is 38.3 Å². The van der Waals surface area contributed by atoms with Gasteiger partial charge in [-0.15, -0.1) is 0 Å². The summed E-state index contributed by atoms with van der Waals surface area (Å²) in [6.07, 6.45) is 11.0. The monoisotopic (exact) mass is 418 g/mol. The van der Waals surface area contributed by atoms with Crippen molar-refractivity contribution in [2.24, 2.45) is 5.73 Å². The first-order valence-corrected chi connectivity index (χ1v) is 12.2. The molecule has 0 atom stereocenters. The molecule has 0 unspecified atom stereocenters. The van der Waals surface area contributed by atoms with Crippen molar-refractivity contribution in [3.05, 3.63) is 0 Å². The maximum absolute atomic E-state index is 8.68. The minimum Gasteiger partial charge on any atom is -0.324 e. The van der Waals surface area contributed by atoms with Crippen molar-refractivity contribution in [3.63, 3.8) is 0 Å². The molecule has 0 spiro atoms. The maximum atomic E-state index is 8.68. The molecule has 3 heterocycles. The number of nitrogens with zero attached hydrogens (tertiary/aromatic N) is 1. The van der Waals surface area contributed by atoms with E-state index in [2.05, 4.69) is 39.9 Å². The number of unbranched alkanes of at least 4 members (excludes halogenated alkanes) is 4. The highest BCUT2D eigenvalue weighted by atomic mass is 15.1. The van der Waals surface area contributed by atoms with Crippen LogP contribution in [0.15, 0.2) is 0 Å². The SMILES string of the molecule is N#CCCCCCCNC12CCCC[B]CC(N)(CNCCNC1)CNCCNC2. The third-order valence-electron chi connectivity index (χ3n) is 6.42. The molecule has 1 radical (unpaired) electrons. The Balaban J connectivity index is 1.94. The van der Waals surface area contributed by atoms with E-state index in [0.717, 1.165) is 84.4 Å². The lowest BCUT2D eigenvalue weighted by molar-refractivity contribution is 0.263. The first kappa shape index (κ1) is 25.6. The summed E-state index contributed by atoms with van der Waals surface area (Å²) in [5.41, 5.74) is 6.60. The highest BCUT2D eigenvalue weighted by Crippen LogP contribution is 2.17. The standard InChI is InChI=1S/C22H45BN7/c24-10-6-2-1-3-7-11-30-22-8-4-5-9-23-16-21(25,17-26-12-14-28-19-22)18-27-13-15-29-20-22/h26-30H,1-9,11-20,25H2. The molecule has 0 aromatic rings. The fourth-order valence-corrected chi connectivity index (χ4v) is 4.52. The highest BCUT2D eigenvalue weighted by Gasteiger charge is 2.29. The van der Waals surface area contributed by atoms with E-state index in [0.29, 0.717) is 6.42 Å². The van der Waals surface area contributed by atoms with Crippen LogP contribution in [0.4, 0.5) is 0 Å². The lowest BCUT2D eigenvalue weighted by Crippen LogP contribution is -2.61. The van der Waals surface area contributed by atoms with E-state index < -0.39 is 0 Å². The molecule has 7 nitrogen and oxygen atoms in total. The Kier molecular flexibility index (Phi) is 12.9. The third-order valence-corrected chi connectivity index (χ3v) is 6.42. The van der Waals surface area contributed by atoms with Crippen LogP contribution in [0.25, 0.3) is 0 Å². The van der Waals surface area contributed by atoms with Crippen LogP contribution in [0.3, 0.4) is 0 Å². The first-order chi connectivity index (χ1) is 14.7. The van der Waals surface area contributed by atoms with Crippen LogP contribution in [0.2, 0.25) is 12.6 Å². The molecule has 0 saturated carbocycles. The summed E-state index contributed by atoms with van der Waals surface area (Å²) in [6, 6.07) is 2.24. The van der Waals surface area contributed by atoms with Crippen LogP contribution in [-0.2, 0) is 0 Å². The summed E-state index contributed by atoms with van der Waals surface area (Å²) in [5, 5.41) is 27.2. The van der Waals surface area contributed by atoms with E-state index in [9.17, 15) is 0 Å². The van der Waals surface area contributed by atoms with Crippen molar-refractivity contribution in [3.8, 4) is 6.07 Å². The molecule has 30 heavy (non-hydrogen) atoms. The molecule has 3 saturated heterocycles. The number of nitrogens with two attached hydrogens (primary N) is 1. The second kappa shape index (κ2) is 15.2. The van der Waals surface area contributed by atoms with E-state index in [1.807, 2.05) is 0 Å². The Labute approximate surface area is 185 Å². The molecule has 171 valence electrons. The van der Waals surface area contributed by atoms with Crippen LogP contribution >= 0.6 is 0 Å². The van der Waals surface area contributed by atoms with E-state index >= 15 is 0 Å². The van der Waals surface area contributed by atoms with Gasteiger partial charge in [-0.05, 0) is 25.8 Å². The molecule has 3 fully saturated rings. The number of fused-ring (bicyclic) bond motifs is 15. The van der Waals surface area contributed by atoms with Crippen molar-refractivity contribution in [2.75, 3.05) is 58.9 Å². The van der Waals surface area contributed by atoms with Gasteiger partial charge in [0.25, 0.3) is 0 Å². The lowest BCUT2D eigenvalue weighted by Gasteiger charge is -2.37. The van der Waals surface area contributed by atoms with Crippen LogP contribution in [0, 0.1) is 11.3 Å². The molecule has 8 heteroatoms. The largest absolute Gasteiger partial charge is 0.324 e. The molecule has 3 rings (SSSR count). The molecular formula is C22H45BN7. The minimum absolute atomic E-state index is 0.0957. The number of rotatable bonds is 7. The lowest BCUT2D eigenvalue weighted by atomic mass is 9.63. The summed E-state index contributed by atoms with van der Waals surface area (Å²) >= 11 is 0. The summed E-state index contributed by atoms with van der Waals surface area (Å²) < 4.78 is 0. The molecule has 3 aliphatic rings. The summed E-state index contributed by atoms with van der Waals surface area (Å²) in [5.74, 6) is 0. The molecular weight excluding hydrogens is 373 g/mol. The second-order valence-electron chi connectivity index (χ2n) is 9.34. The Morgan fingerprint density at radius 2 is 1.50 bits per heavy atom. The predicted octanol–water partition coefficient (Wildman–Crippen LogP) is 0.583. The first-order valence-electron chi connectivity index (χ1n) is 12.2. The van der Waals surface area contributed by atoms with E-state index in [1.54, 1.807) is 0 Å². The summed E-state index contributed by atoms with van der Waals surface area (Å²) in [7, 11) is 2.41. The average Bonchev–Trinajstić information content (AvgIpc) is 2.74. The normalized spacial score (nSPS) is 30.0. The zero-order valence-electron chi connectivity index (χ0n) is 19.0. The molecule has 0 aliphatic carbocycles. The highest BCUT2D eigenvalue weighted by molar-refractivity contribution is 6.35. The van der Waals surface area contributed by atoms with Crippen molar-refractivity contribution < 1.29 is 0 Å². The Morgan fingerprint density at radius 3 is 2.17 bits per heavy atom. The van der Waals surface area contributed by atoms with Gasteiger partial charge in [0, 0.05) is 69.9 Å². The molecule has 0 aromatic heterocycles. The van der Waals surface area contributed by atoms with Gasteiger partial charge in [0.05, 0.1) is 6.07 Å². The van der Waals surface area contributed by atoms with E-state index in [4.69, 9.17) is 11.0 Å². The van der Waals surface area contributed by atoms with Crippen LogP contribution in [-0.4, -0.2) is 77.3 Å². The van der Waals surface area contributed by atoms with Gasteiger partial charge in [-0.3, -0.25) is 0 Å². The molecule has 7 N–H and O–H groups in total. The van der Waals surface area contributed by atoms with E-state index in [-0.39, 0.29) is 11.1 Å². The van der Waals surface area contributed by atoms with Gasteiger partial charge in [0.2, 0.25) is 0 Å². The predicted molar refractivity (Wildman–Crippen MR) is 127 cm³/mol. The Morgan fingerprint density at radius 1 is 0.867 bits per heavy atom. The quantitative estimate of drug-likeness (QED) is 0.265. The van der Waals surface area contributed by atoms with Gasteiger partial charge >= 0.3 is 0 Å². The molecule has 0 amide bonds. The third kappa shape index (κ3) is 10.6. The maximum Gasteiger partial charge on any atom is 0.111 e. The Bertz CT molecular complexity index is 439. The second-order valence-corrected chi connectivity index (χ2v) is 9.34. The van der Waals surface area contributed by atoms with Crippen molar-refractivity contribution >= 4 is 7.28 Å². The number of hydrogen-bond donors (Lipinski definition) is 6. The number of nitrogens with one attached hydrogen (secondary N) is 5. The summed E-state index contributed by atoms with van der Waals surface area (Å²) in [4.78, 5) is 0. The molecule has 3 aliphatic heterocycles. The van der Waals surface area contributed by atoms with Gasteiger partial charge < -0.3 is 32.3 Å². The topological polar surface area (TPSA) is 110 Å². The van der Waals surface area contributed by atoms with E-state index in [1.165, 1.54) is 32.1 Å². The smallest absolute Gasteiger partial charge is 0.111 e. The fraction of sp³-hybridized carbons (Fsp3) is 0.955. The van der Waals surface area contributed by atoms with Gasteiger partial charge in [0.1, 0.15) is 7.28 Å². The zero-order chi connectivity index (χ0) is 21.4. The van der Waals surface area contributed by atoms with Gasteiger partial charge in [0.15, 0.2) is 0 Å². The minimum atomic E-state index is -0.202.